The number of hydrogen-bond acceptors (Lipinski definition) is 2. The Kier molecular flexibility index (Phi) is 5.82. The van der Waals surface area contributed by atoms with Crippen LogP contribution in [0.4, 0.5) is 0 Å². The molecule has 0 radical (unpaired) electrons. The average Bonchev–Trinajstić information content (AvgIpc) is 2.53. The van der Waals surface area contributed by atoms with Gasteiger partial charge in [-0.25, -0.2) is 0 Å². The standard InChI is InChI=1S/C19H25NO/c1-4-20-19(17-9-12-18(21-3)13-10-17)14-11-16-8-6-5-7-15(16)2/h5-10,12-13,19-20H,4,11,14H2,1-3H3. The fraction of sp³-hybridized carbons (Fsp3) is 0.368. The first kappa shape index (κ1) is 15.6. The van der Waals surface area contributed by atoms with Crippen molar-refractivity contribution in [1.29, 1.82) is 0 Å². The zero-order valence-electron chi connectivity index (χ0n) is 13.2. The van der Waals surface area contributed by atoms with Gasteiger partial charge in [-0.2, -0.15) is 0 Å². The van der Waals surface area contributed by atoms with Gasteiger partial charge in [0.15, 0.2) is 0 Å². The van der Waals surface area contributed by atoms with Crippen LogP contribution in [0.2, 0.25) is 0 Å². The molecule has 0 amide bonds. The Hall–Kier alpha value is -1.80. The van der Waals surface area contributed by atoms with Gasteiger partial charge in [-0.15, -0.1) is 0 Å². The molecule has 0 aliphatic rings. The summed E-state index contributed by atoms with van der Waals surface area (Å²) in [6.07, 6.45) is 2.20. The Labute approximate surface area is 128 Å². The normalized spacial score (nSPS) is 12.1. The van der Waals surface area contributed by atoms with Crippen LogP contribution in [0.5, 0.6) is 5.75 Å². The van der Waals surface area contributed by atoms with Crippen molar-refractivity contribution in [3.8, 4) is 5.75 Å². The van der Waals surface area contributed by atoms with Gasteiger partial charge in [0, 0.05) is 6.04 Å². The predicted molar refractivity (Wildman–Crippen MR) is 88.9 cm³/mol. The van der Waals surface area contributed by atoms with Crippen LogP contribution >= 0.6 is 0 Å². The Morgan fingerprint density at radius 2 is 1.76 bits per heavy atom. The summed E-state index contributed by atoms with van der Waals surface area (Å²) in [6, 6.07) is 17.4. The lowest BCUT2D eigenvalue weighted by Crippen LogP contribution is -2.21. The Bertz CT molecular complexity index is 548. The van der Waals surface area contributed by atoms with Gasteiger partial charge in [-0.3, -0.25) is 0 Å². The van der Waals surface area contributed by atoms with Crippen molar-refractivity contribution in [1.82, 2.24) is 5.32 Å². The number of methoxy groups -OCH3 is 1. The van der Waals surface area contributed by atoms with Crippen LogP contribution in [0.3, 0.4) is 0 Å². The zero-order chi connectivity index (χ0) is 15.1. The second kappa shape index (κ2) is 7.84. The average molecular weight is 283 g/mol. The third kappa shape index (κ3) is 4.33. The summed E-state index contributed by atoms with van der Waals surface area (Å²) in [5.41, 5.74) is 4.14. The first-order chi connectivity index (χ1) is 10.2. The van der Waals surface area contributed by atoms with Crippen LogP contribution in [-0.4, -0.2) is 13.7 Å². The van der Waals surface area contributed by atoms with Gasteiger partial charge < -0.3 is 10.1 Å². The quantitative estimate of drug-likeness (QED) is 0.818. The molecule has 2 rings (SSSR count). The number of ether oxygens (including phenoxy) is 1. The first-order valence-electron chi connectivity index (χ1n) is 7.66. The maximum atomic E-state index is 5.23. The van der Waals surface area contributed by atoms with E-state index in [2.05, 4.69) is 55.6 Å². The highest BCUT2D eigenvalue weighted by Crippen LogP contribution is 2.22. The number of nitrogens with one attached hydrogen (secondary N) is 1. The van der Waals surface area contributed by atoms with Crippen LogP contribution in [0, 0.1) is 6.92 Å². The minimum absolute atomic E-state index is 0.389. The van der Waals surface area contributed by atoms with Crippen LogP contribution in [-0.2, 0) is 6.42 Å². The number of rotatable bonds is 7. The summed E-state index contributed by atoms with van der Waals surface area (Å²) < 4.78 is 5.23. The predicted octanol–water partition coefficient (Wildman–Crippen LogP) is 4.29. The highest BCUT2D eigenvalue weighted by molar-refractivity contribution is 5.30. The molecule has 21 heavy (non-hydrogen) atoms. The Morgan fingerprint density at radius 3 is 2.38 bits per heavy atom. The second-order valence-electron chi connectivity index (χ2n) is 5.35. The van der Waals surface area contributed by atoms with E-state index in [1.807, 2.05) is 12.1 Å². The van der Waals surface area contributed by atoms with Crippen molar-refractivity contribution in [2.24, 2.45) is 0 Å². The second-order valence-corrected chi connectivity index (χ2v) is 5.35. The van der Waals surface area contributed by atoms with Crippen LogP contribution in [0.25, 0.3) is 0 Å². The molecule has 2 aromatic rings. The molecule has 2 aromatic carbocycles. The van der Waals surface area contributed by atoms with E-state index in [0.29, 0.717) is 6.04 Å². The molecule has 0 saturated carbocycles. The molecule has 0 fully saturated rings. The lowest BCUT2D eigenvalue weighted by molar-refractivity contribution is 0.414. The van der Waals surface area contributed by atoms with Gasteiger partial charge in [0.1, 0.15) is 5.75 Å². The molecule has 1 unspecified atom stereocenters. The smallest absolute Gasteiger partial charge is 0.118 e. The lowest BCUT2D eigenvalue weighted by atomic mass is 9.97. The van der Waals surface area contributed by atoms with E-state index in [9.17, 15) is 0 Å². The van der Waals surface area contributed by atoms with Gasteiger partial charge in [0.25, 0.3) is 0 Å². The van der Waals surface area contributed by atoms with E-state index in [4.69, 9.17) is 4.74 Å². The minimum atomic E-state index is 0.389. The van der Waals surface area contributed by atoms with Crippen molar-refractivity contribution >= 4 is 0 Å². The van der Waals surface area contributed by atoms with Crippen LogP contribution in [0.1, 0.15) is 36.1 Å². The summed E-state index contributed by atoms with van der Waals surface area (Å²) in [6.45, 7) is 5.32. The van der Waals surface area contributed by atoms with Crippen molar-refractivity contribution in [2.75, 3.05) is 13.7 Å². The molecule has 0 saturated heterocycles. The molecule has 1 atom stereocenters. The molecule has 112 valence electrons. The van der Waals surface area contributed by atoms with Gasteiger partial charge in [-0.05, 0) is 55.1 Å². The summed E-state index contributed by atoms with van der Waals surface area (Å²) in [5, 5.41) is 3.59. The maximum absolute atomic E-state index is 5.23. The van der Waals surface area contributed by atoms with Gasteiger partial charge in [-0.1, -0.05) is 43.3 Å². The molecular weight excluding hydrogens is 258 g/mol. The van der Waals surface area contributed by atoms with E-state index < -0.39 is 0 Å². The molecule has 2 heteroatoms. The monoisotopic (exact) mass is 283 g/mol. The third-order valence-electron chi connectivity index (χ3n) is 3.93. The number of aryl methyl sites for hydroxylation is 2. The molecule has 0 spiro atoms. The van der Waals surface area contributed by atoms with E-state index in [1.54, 1.807) is 7.11 Å². The van der Waals surface area contributed by atoms with E-state index >= 15 is 0 Å². The third-order valence-corrected chi connectivity index (χ3v) is 3.93. The fourth-order valence-corrected chi connectivity index (χ4v) is 2.66. The Morgan fingerprint density at radius 1 is 1.05 bits per heavy atom. The minimum Gasteiger partial charge on any atom is -0.497 e. The summed E-state index contributed by atoms with van der Waals surface area (Å²) in [4.78, 5) is 0. The summed E-state index contributed by atoms with van der Waals surface area (Å²) in [7, 11) is 1.70. The zero-order valence-corrected chi connectivity index (χ0v) is 13.2. The molecule has 0 bridgehead atoms. The largest absolute Gasteiger partial charge is 0.497 e. The molecule has 2 nitrogen and oxygen atoms in total. The fourth-order valence-electron chi connectivity index (χ4n) is 2.66. The van der Waals surface area contributed by atoms with Gasteiger partial charge in [0.05, 0.1) is 7.11 Å². The molecular formula is C19H25NO. The van der Waals surface area contributed by atoms with Crippen molar-refractivity contribution in [3.05, 3.63) is 65.2 Å². The van der Waals surface area contributed by atoms with Crippen molar-refractivity contribution < 1.29 is 4.74 Å². The van der Waals surface area contributed by atoms with E-state index in [-0.39, 0.29) is 0 Å². The molecule has 0 aliphatic heterocycles. The highest BCUT2D eigenvalue weighted by atomic mass is 16.5. The van der Waals surface area contributed by atoms with E-state index in [1.165, 1.54) is 16.7 Å². The number of benzene rings is 2. The summed E-state index contributed by atoms with van der Waals surface area (Å²) in [5.74, 6) is 0.910. The molecule has 0 aliphatic carbocycles. The van der Waals surface area contributed by atoms with Crippen molar-refractivity contribution in [2.45, 2.75) is 32.7 Å². The van der Waals surface area contributed by atoms with Crippen LogP contribution in [0.15, 0.2) is 48.5 Å². The maximum Gasteiger partial charge on any atom is 0.118 e. The van der Waals surface area contributed by atoms with Gasteiger partial charge in [0.2, 0.25) is 0 Å². The first-order valence-corrected chi connectivity index (χ1v) is 7.66. The topological polar surface area (TPSA) is 21.3 Å². The van der Waals surface area contributed by atoms with Crippen molar-refractivity contribution in [3.63, 3.8) is 0 Å². The summed E-state index contributed by atoms with van der Waals surface area (Å²) >= 11 is 0. The lowest BCUT2D eigenvalue weighted by Gasteiger charge is -2.19. The molecule has 1 N–H and O–H groups in total. The van der Waals surface area contributed by atoms with Gasteiger partial charge >= 0.3 is 0 Å². The number of hydrogen-bond donors (Lipinski definition) is 1. The Balaban J connectivity index is 2.06. The SMILES string of the molecule is CCNC(CCc1ccccc1C)c1ccc(OC)cc1. The highest BCUT2D eigenvalue weighted by Gasteiger charge is 2.11. The molecule has 0 heterocycles. The van der Waals surface area contributed by atoms with E-state index in [0.717, 1.165) is 25.1 Å². The van der Waals surface area contributed by atoms with Crippen LogP contribution < -0.4 is 10.1 Å². The molecule has 0 aromatic heterocycles.